The lowest BCUT2D eigenvalue weighted by Crippen LogP contribution is -2.43. The Morgan fingerprint density at radius 3 is 2.52 bits per heavy atom. The number of nitrogens with zero attached hydrogens (tertiary/aromatic N) is 1. The topological polar surface area (TPSA) is 86.7 Å². The second kappa shape index (κ2) is 6.51. The molecular formula is C12H14BrClN2O4S. The monoisotopic (exact) mass is 396 g/mol. The number of anilines is 1. The van der Waals surface area contributed by atoms with Crippen molar-refractivity contribution in [3.05, 3.63) is 27.7 Å². The minimum absolute atomic E-state index is 0.192. The second-order valence-electron chi connectivity index (χ2n) is 4.74. The highest BCUT2D eigenvalue weighted by atomic mass is 79.9. The lowest BCUT2D eigenvalue weighted by molar-refractivity contribution is -0.142. The van der Waals surface area contributed by atoms with E-state index in [2.05, 4.69) is 20.7 Å². The lowest BCUT2D eigenvalue weighted by Gasteiger charge is -2.29. The Balaban J connectivity index is 2.07. The zero-order valence-electron chi connectivity index (χ0n) is 10.9. The molecule has 1 fully saturated rings. The number of carbonyl (C=O) groups is 1. The van der Waals surface area contributed by atoms with Gasteiger partial charge in [0, 0.05) is 22.6 Å². The van der Waals surface area contributed by atoms with Crippen molar-refractivity contribution >= 4 is 49.4 Å². The fraction of sp³-hybridized carbons (Fsp3) is 0.417. The predicted octanol–water partition coefficient (Wildman–Crippen LogP) is 2.56. The van der Waals surface area contributed by atoms with E-state index in [0.29, 0.717) is 28.0 Å². The highest BCUT2D eigenvalue weighted by Gasteiger charge is 2.31. The van der Waals surface area contributed by atoms with E-state index in [1.54, 1.807) is 18.2 Å². The summed E-state index contributed by atoms with van der Waals surface area (Å²) >= 11 is 9.05. The molecule has 0 amide bonds. The number of hydrogen-bond acceptors (Lipinski definition) is 3. The number of carboxylic acids is 1. The number of hydrogen-bond donors (Lipinski definition) is 2. The molecule has 0 atom stereocenters. The first-order chi connectivity index (χ1) is 9.79. The van der Waals surface area contributed by atoms with Crippen molar-refractivity contribution in [3.8, 4) is 0 Å². The Hall–Kier alpha value is -0.830. The molecule has 1 heterocycles. The first-order valence-electron chi connectivity index (χ1n) is 6.25. The van der Waals surface area contributed by atoms with Gasteiger partial charge in [0.05, 0.1) is 11.6 Å². The van der Waals surface area contributed by atoms with Crippen LogP contribution in [-0.2, 0) is 15.0 Å². The highest BCUT2D eigenvalue weighted by molar-refractivity contribution is 9.10. The molecule has 21 heavy (non-hydrogen) atoms. The standard InChI is InChI=1S/C12H14BrClN2O4S/c13-10-7-9(14)1-2-11(10)15-21(19,20)16-5-3-8(4-6-16)12(17)18/h1-2,7-8,15H,3-6H2,(H,17,18). The molecule has 1 aliphatic heterocycles. The molecule has 0 spiro atoms. The smallest absolute Gasteiger partial charge is 0.306 e. The predicted molar refractivity (Wildman–Crippen MR) is 83.6 cm³/mol. The van der Waals surface area contributed by atoms with E-state index in [0.717, 1.165) is 0 Å². The maximum absolute atomic E-state index is 12.3. The molecule has 0 aliphatic carbocycles. The van der Waals surface area contributed by atoms with Crippen LogP contribution in [0.5, 0.6) is 0 Å². The molecular weight excluding hydrogens is 384 g/mol. The molecule has 9 heteroatoms. The summed E-state index contributed by atoms with van der Waals surface area (Å²) in [7, 11) is -3.70. The molecule has 0 saturated carbocycles. The number of aliphatic carboxylic acids is 1. The van der Waals surface area contributed by atoms with Crippen molar-refractivity contribution < 1.29 is 18.3 Å². The summed E-state index contributed by atoms with van der Waals surface area (Å²) in [6.07, 6.45) is 0.635. The highest BCUT2D eigenvalue weighted by Crippen LogP contribution is 2.28. The number of nitrogens with one attached hydrogen (secondary N) is 1. The van der Waals surface area contributed by atoms with Gasteiger partial charge in [-0.3, -0.25) is 9.52 Å². The quantitative estimate of drug-likeness (QED) is 0.817. The first-order valence-corrected chi connectivity index (χ1v) is 8.86. The van der Waals surface area contributed by atoms with Crippen LogP contribution in [0.4, 0.5) is 5.69 Å². The molecule has 0 bridgehead atoms. The lowest BCUT2D eigenvalue weighted by atomic mass is 9.99. The van der Waals surface area contributed by atoms with E-state index in [1.165, 1.54) is 4.31 Å². The van der Waals surface area contributed by atoms with Crippen molar-refractivity contribution in [2.45, 2.75) is 12.8 Å². The van der Waals surface area contributed by atoms with E-state index >= 15 is 0 Å². The van der Waals surface area contributed by atoms with Crippen LogP contribution >= 0.6 is 27.5 Å². The van der Waals surface area contributed by atoms with E-state index in [-0.39, 0.29) is 13.1 Å². The van der Waals surface area contributed by atoms with Crippen LogP contribution in [-0.4, -0.2) is 36.9 Å². The molecule has 0 radical (unpaired) electrons. The van der Waals surface area contributed by atoms with Crippen LogP contribution in [0.1, 0.15) is 12.8 Å². The van der Waals surface area contributed by atoms with Gasteiger partial charge in [-0.25, -0.2) is 0 Å². The molecule has 1 aromatic carbocycles. The van der Waals surface area contributed by atoms with Gasteiger partial charge in [-0.05, 0) is 47.0 Å². The van der Waals surface area contributed by atoms with E-state index < -0.39 is 22.1 Å². The fourth-order valence-corrected chi connectivity index (χ4v) is 4.31. The summed E-state index contributed by atoms with van der Waals surface area (Å²) in [5.74, 6) is -1.35. The van der Waals surface area contributed by atoms with Crippen LogP contribution in [0.25, 0.3) is 0 Å². The Kier molecular flexibility index (Phi) is 5.13. The minimum Gasteiger partial charge on any atom is -0.481 e. The SMILES string of the molecule is O=C(O)C1CCN(S(=O)(=O)Nc2ccc(Cl)cc2Br)CC1. The fourth-order valence-electron chi connectivity index (χ4n) is 2.12. The van der Waals surface area contributed by atoms with Gasteiger partial charge in [0.2, 0.25) is 0 Å². The van der Waals surface area contributed by atoms with Crippen molar-refractivity contribution in [3.63, 3.8) is 0 Å². The third-order valence-electron chi connectivity index (χ3n) is 3.31. The van der Waals surface area contributed by atoms with Crippen LogP contribution < -0.4 is 4.72 Å². The van der Waals surface area contributed by atoms with E-state index in [1.807, 2.05) is 0 Å². The molecule has 2 rings (SSSR count). The molecule has 0 unspecified atom stereocenters. The summed E-state index contributed by atoms with van der Waals surface area (Å²) in [6, 6.07) is 4.74. The molecule has 2 N–H and O–H groups in total. The maximum Gasteiger partial charge on any atom is 0.306 e. The van der Waals surface area contributed by atoms with Crippen LogP contribution in [0.3, 0.4) is 0 Å². The van der Waals surface area contributed by atoms with Crippen LogP contribution in [0.15, 0.2) is 22.7 Å². The average molecular weight is 398 g/mol. The average Bonchev–Trinajstić information content (AvgIpc) is 2.42. The third kappa shape index (κ3) is 4.09. The zero-order chi connectivity index (χ0) is 15.6. The normalized spacial score (nSPS) is 17.6. The summed E-state index contributed by atoms with van der Waals surface area (Å²) in [6.45, 7) is 0.384. The van der Waals surface area contributed by atoms with Crippen molar-refractivity contribution in [2.75, 3.05) is 17.8 Å². The Labute approximate surface area is 136 Å². The number of rotatable bonds is 4. The minimum atomic E-state index is -3.70. The molecule has 6 nitrogen and oxygen atoms in total. The number of piperidine rings is 1. The maximum atomic E-state index is 12.3. The summed E-state index contributed by atoms with van der Waals surface area (Å²) in [5, 5.41) is 9.42. The molecule has 1 aliphatic rings. The molecule has 1 aromatic rings. The van der Waals surface area contributed by atoms with Gasteiger partial charge in [0.25, 0.3) is 0 Å². The summed E-state index contributed by atoms with van der Waals surface area (Å²) in [5.41, 5.74) is 0.389. The van der Waals surface area contributed by atoms with Crippen LogP contribution in [0, 0.1) is 5.92 Å². The van der Waals surface area contributed by atoms with E-state index in [9.17, 15) is 13.2 Å². The third-order valence-corrected chi connectivity index (χ3v) is 5.73. The van der Waals surface area contributed by atoms with Gasteiger partial charge in [-0.15, -0.1) is 0 Å². The van der Waals surface area contributed by atoms with Gasteiger partial charge in [-0.2, -0.15) is 12.7 Å². The number of halogens is 2. The molecule has 1 saturated heterocycles. The second-order valence-corrected chi connectivity index (χ2v) is 7.70. The van der Waals surface area contributed by atoms with Gasteiger partial charge in [-0.1, -0.05) is 11.6 Å². The van der Waals surface area contributed by atoms with Gasteiger partial charge >= 0.3 is 16.2 Å². The number of carboxylic acid groups (broad SMARTS) is 1. The Bertz CT molecular complexity index is 645. The van der Waals surface area contributed by atoms with Crippen molar-refractivity contribution in [1.29, 1.82) is 0 Å². The van der Waals surface area contributed by atoms with E-state index in [4.69, 9.17) is 16.7 Å². The van der Waals surface area contributed by atoms with Crippen LogP contribution in [0.2, 0.25) is 5.02 Å². The van der Waals surface area contributed by atoms with Crippen molar-refractivity contribution in [1.82, 2.24) is 4.31 Å². The summed E-state index contributed by atoms with van der Waals surface area (Å²) in [4.78, 5) is 10.9. The van der Waals surface area contributed by atoms with Crippen molar-refractivity contribution in [2.24, 2.45) is 5.92 Å². The van der Waals surface area contributed by atoms with Gasteiger partial charge in [0.15, 0.2) is 0 Å². The molecule has 0 aromatic heterocycles. The Morgan fingerprint density at radius 1 is 1.38 bits per heavy atom. The molecule has 116 valence electrons. The largest absolute Gasteiger partial charge is 0.481 e. The van der Waals surface area contributed by atoms with Gasteiger partial charge in [0.1, 0.15) is 0 Å². The number of benzene rings is 1. The van der Waals surface area contributed by atoms with Gasteiger partial charge < -0.3 is 5.11 Å². The Morgan fingerprint density at radius 2 is 2.00 bits per heavy atom. The first kappa shape index (κ1) is 16.5. The zero-order valence-corrected chi connectivity index (χ0v) is 14.1. The summed E-state index contributed by atoms with van der Waals surface area (Å²) < 4.78 is 28.8.